The molecule has 0 saturated heterocycles. The van der Waals surface area contributed by atoms with Crippen LogP contribution in [0, 0.1) is 5.41 Å². The maximum atomic E-state index is 12.6. The van der Waals surface area contributed by atoms with Gasteiger partial charge < -0.3 is 11.1 Å². The second kappa shape index (κ2) is 6.79. The average molecular weight is 291 g/mol. The van der Waals surface area contributed by atoms with Crippen LogP contribution in [0.5, 0.6) is 0 Å². The highest BCUT2D eigenvalue weighted by molar-refractivity contribution is 7.80. The number of pyridine rings is 1. The number of nitrogens with zero attached hydrogens (tertiary/aromatic N) is 1. The van der Waals surface area contributed by atoms with Gasteiger partial charge in [-0.25, -0.2) is 0 Å². The summed E-state index contributed by atoms with van der Waals surface area (Å²) < 4.78 is 0. The zero-order chi connectivity index (χ0) is 14.4. The first kappa shape index (κ1) is 14.9. The van der Waals surface area contributed by atoms with Gasteiger partial charge in [0.25, 0.3) is 0 Å². The Labute approximate surface area is 125 Å². The largest absolute Gasteiger partial charge is 0.392 e. The van der Waals surface area contributed by atoms with Gasteiger partial charge in [0, 0.05) is 18.9 Å². The van der Waals surface area contributed by atoms with Crippen molar-refractivity contribution in [1.29, 1.82) is 0 Å². The first-order valence-corrected chi connectivity index (χ1v) is 7.53. The maximum Gasteiger partial charge on any atom is 0.233 e. The molecule has 0 aliphatic heterocycles. The van der Waals surface area contributed by atoms with Crippen LogP contribution in [-0.4, -0.2) is 15.9 Å². The van der Waals surface area contributed by atoms with Crippen LogP contribution in [0.2, 0.25) is 0 Å². The third kappa shape index (κ3) is 3.33. The summed E-state index contributed by atoms with van der Waals surface area (Å²) in [6.07, 6.45) is 9.31. The van der Waals surface area contributed by atoms with E-state index < -0.39 is 5.41 Å². The molecule has 0 spiro atoms. The van der Waals surface area contributed by atoms with Crippen LogP contribution in [0.3, 0.4) is 0 Å². The second-order valence-corrected chi connectivity index (χ2v) is 5.84. The van der Waals surface area contributed by atoms with E-state index in [4.69, 9.17) is 18.0 Å². The Morgan fingerprint density at radius 2 is 1.85 bits per heavy atom. The number of hydrogen-bond acceptors (Lipinski definition) is 3. The summed E-state index contributed by atoms with van der Waals surface area (Å²) in [5, 5.41) is 2.98. The number of carbonyl (C=O) groups excluding carboxylic acids is 1. The Bertz CT molecular complexity index is 467. The Morgan fingerprint density at radius 1 is 1.25 bits per heavy atom. The Morgan fingerprint density at radius 3 is 2.40 bits per heavy atom. The van der Waals surface area contributed by atoms with Crippen molar-refractivity contribution in [2.75, 3.05) is 0 Å². The van der Waals surface area contributed by atoms with Gasteiger partial charge in [0.05, 0.1) is 10.4 Å². The van der Waals surface area contributed by atoms with Crippen molar-refractivity contribution in [2.45, 2.75) is 45.1 Å². The van der Waals surface area contributed by atoms with Gasteiger partial charge >= 0.3 is 0 Å². The molecule has 20 heavy (non-hydrogen) atoms. The first-order valence-electron chi connectivity index (χ1n) is 7.12. The summed E-state index contributed by atoms with van der Waals surface area (Å²) in [5.41, 5.74) is 6.28. The number of nitrogens with one attached hydrogen (secondary N) is 1. The molecule has 4 nitrogen and oxygen atoms in total. The molecule has 0 unspecified atom stereocenters. The molecule has 3 N–H and O–H groups in total. The average Bonchev–Trinajstić information content (AvgIpc) is 2.72. The molecule has 1 fully saturated rings. The lowest BCUT2D eigenvalue weighted by Gasteiger charge is -2.30. The van der Waals surface area contributed by atoms with Gasteiger partial charge in [-0.2, -0.15) is 0 Å². The van der Waals surface area contributed by atoms with Gasteiger partial charge in [-0.1, -0.05) is 37.9 Å². The number of amides is 1. The van der Waals surface area contributed by atoms with Crippen molar-refractivity contribution in [2.24, 2.45) is 11.1 Å². The fourth-order valence-corrected chi connectivity index (χ4v) is 3.07. The zero-order valence-electron chi connectivity index (χ0n) is 11.6. The summed E-state index contributed by atoms with van der Waals surface area (Å²) in [7, 11) is 0. The third-order valence-corrected chi connectivity index (χ3v) is 4.46. The quantitative estimate of drug-likeness (QED) is 0.660. The van der Waals surface area contributed by atoms with E-state index in [-0.39, 0.29) is 5.91 Å². The number of carbonyl (C=O) groups is 1. The molecule has 5 heteroatoms. The Balaban J connectivity index is 2.05. The van der Waals surface area contributed by atoms with E-state index >= 15 is 0 Å². The van der Waals surface area contributed by atoms with Gasteiger partial charge in [0.1, 0.15) is 0 Å². The number of aromatic nitrogens is 1. The highest BCUT2D eigenvalue weighted by Gasteiger charge is 2.41. The van der Waals surface area contributed by atoms with E-state index in [1.165, 1.54) is 0 Å². The van der Waals surface area contributed by atoms with Crippen LogP contribution in [0.1, 0.15) is 44.1 Å². The molecule has 0 bridgehead atoms. The standard InChI is InChI=1S/C15H21N3OS/c16-13(20)15(7-3-1-2-4-8-15)14(19)18-11-12-5-9-17-10-6-12/h5-6,9-10H,1-4,7-8,11H2,(H2,16,20)(H,18,19). The van der Waals surface area contributed by atoms with Crippen molar-refractivity contribution >= 4 is 23.1 Å². The molecule has 1 heterocycles. The normalized spacial score (nSPS) is 18.0. The number of thiocarbonyl (C=S) groups is 1. The first-order chi connectivity index (χ1) is 9.65. The van der Waals surface area contributed by atoms with E-state index in [1.54, 1.807) is 12.4 Å². The fourth-order valence-electron chi connectivity index (χ4n) is 2.77. The Hall–Kier alpha value is -1.49. The molecular formula is C15H21N3OS. The van der Waals surface area contributed by atoms with Crippen molar-refractivity contribution in [3.63, 3.8) is 0 Å². The molecular weight excluding hydrogens is 270 g/mol. The van der Waals surface area contributed by atoms with Crippen molar-refractivity contribution < 1.29 is 4.79 Å². The van der Waals surface area contributed by atoms with Crippen molar-refractivity contribution in [3.8, 4) is 0 Å². The van der Waals surface area contributed by atoms with Crippen LogP contribution < -0.4 is 11.1 Å². The van der Waals surface area contributed by atoms with E-state index in [0.717, 1.165) is 44.1 Å². The van der Waals surface area contributed by atoms with Crippen LogP contribution in [0.25, 0.3) is 0 Å². The zero-order valence-corrected chi connectivity index (χ0v) is 12.4. The molecule has 1 aliphatic rings. The predicted octanol–water partition coefficient (Wildman–Crippen LogP) is 2.32. The van der Waals surface area contributed by atoms with Crippen molar-refractivity contribution in [1.82, 2.24) is 10.3 Å². The molecule has 0 atom stereocenters. The number of hydrogen-bond donors (Lipinski definition) is 2. The van der Waals surface area contributed by atoms with Crippen LogP contribution in [-0.2, 0) is 11.3 Å². The van der Waals surface area contributed by atoms with E-state index in [1.807, 2.05) is 12.1 Å². The lowest BCUT2D eigenvalue weighted by molar-refractivity contribution is -0.128. The predicted molar refractivity (Wildman–Crippen MR) is 83.0 cm³/mol. The molecule has 1 aromatic rings. The van der Waals surface area contributed by atoms with Crippen LogP contribution in [0.4, 0.5) is 0 Å². The minimum Gasteiger partial charge on any atom is -0.392 e. The number of nitrogens with two attached hydrogens (primary N) is 1. The summed E-state index contributed by atoms with van der Waals surface area (Å²) in [5.74, 6) is -0.0243. The monoisotopic (exact) mass is 291 g/mol. The van der Waals surface area contributed by atoms with Crippen LogP contribution in [0.15, 0.2) is 24.5 Å². The smallest absolute Gasteiger partial charge is 0.233 e. The van der Waals surface area contributed by atoms with Gasteiger partial charge in [0.2, 0.25) is 5.91 Å². The molecule has 1 saturated carbocycles. The van der Waals surface area contributed by atoms with E-state index in [2.05, 4.69) is 10.3 Å². The van der Waals surface area contributed by atoms with Crippen LogP contribution >= 0.6 is 12.2 Å². The van der Waals surface area contributed by atoms with Gasteiger partial charge in [-0.15, -0.1) is 0 Å². The SMILES string of the molecule is NC(=S)C1(C(=O)NCc2ccncc2)CCCCCC1. The highest BCUT2D eigenvalue weighted by atomic mass is 32.1. The summed E-state index contributed by atoms with van der Waals surface area (Å²) in [4.78, 5) is 16.9. The minimum atomic E-state index is -0.654. The molecule has 0 aromatic carbocycles. The second-order valence-electron chi connectivity index (χ2n) is 5.40. The topological polar surface area (TPSA) is 68.0 Å². The summed E-state index contributed by atoms with van der Waals surface area (Å²) >= 11 is 5.20. The summed E-state index contributed by atoms with van der Waals surface area (Å²) in [6, 6.07) is 3.78. The molecule has 1 amide bonds. The van der Waals surface area contributed by atoms with Crippen molar-refractivity contribution in [3.05, 3.63) is 30.1 Å². The minimum absolute atomic E-state index is 0.0243. The lowest BCUT2D eigenvalue weighted by Crippen LogP contribution is -2.48. The molecule has 0 radical (unpaired) electrons. The van der Waals surface area contributed by atoms with Gasteiger partial charge in [0.15, 0.2) is 0 Å². The molecule has 2 rings (SSSR count). The fraction of sp³-hybridized carbons (Fsp3) is 0.533. The number of rotatable bonds is 4. The molecule has 108 valence electrons. The lowest BCUT2D eigenvalue weighted by atomic mass is 9.79. The molecule has 1 aliphatic carbocycles. The highest BCUT2D eigenvalue weighted by Crippen LogP contribution is 2.35. The maximum absolute atomic E-state index is 12.6. The molecule has 1 aromatic heterocycles. The summed E-state index contributed by atoms with van der Waals surface area (Å²) in [6.45, 7) is 0.492. The Kier molecular flexibility index (Phi) is 5.06. The van der Waals surface area contributed by atoms with Gasteiger partial charge in [-0.05, 0) is 30.5 Å². The van der Waals surface area contributed by atoms with E-state index in [0.29, 0.717) is 11.5 Å². The third-order valence-electron chi connectivity index (χ3n) is 4.07. The van der Waals surface area contributed by atoms with Gasteiger partial charge in [-0.3, -0.25) is 9.78 Å². The van der Waals surface area contributed by atoms with E-state index in [9.17, 15) is 4.79 Å².